The molecule has 3 N–H and O–H groups in total. The zero-order valence-electron chi connectivity index (χ0n) is 14.6. The fourth-order valence-corrected chi connectivity index (χ4v) is 2.92. The van der Waals surface area contributed by atoms with Crippen LogP contribution in [0.4, 0.5) is 15.8 Å². The van der Waals surface area contributed by atoms with E-state index in [0.29, 0.717) is 25.1 Å². The molecule has 0 saturated carbocycles. The number of carbonyl (C=O) groups excluding carboxylic acids is 1. The summed E-state index contributed by atoms with van der Waals surface area (Å²) in [4.78, 5) is 12.1. The summed E-state index contributed by atoms with van der Waals surface area (Å²) in [6, 6.07) is 11.4. The van der Waals surface area contributed by atoms with E-state index in [2.05, 4.69) is 16.0 Å². The van der Waals surface area contributed by atoms with Gasteiger partial charge < -0.3 is 16.0 Å². The third kappa shape index (κ3) is 5.34. The maximum atomic E-state index is 14.5. The molecule has 0 unspecified atom stereocenters. The molecule has 0 fully saturated rings. The maximum Gasteiger partial charge on any atom is 0.226 e. The van der Waals surface area contributed by atoms with Gasteiger partial charge >= 0.3 is 0 Å². The molecule has 0 atom stereocenters. The number of para-hydroxylation sites is 1. The number of hydrogen-bond donors (Lipinski definition) is 3. The molecule has 142 valence electrons. The van der Waals surface area contributed by atoms with E-state index in [1.54, 1.807) is 6.07 Å². The Kier molecular flexibility index (Phi) is 8.85. The number of benzene rings is 2. The van der Waals surface area contributed by atoms with Crippen LogP contribution in [0.3, 0.4) is 0 Å². The minimum absolute atomic E-state index is 0. The van der Waals surface area contributed by atoms with E-state index >= 15 is 0 Å². The van der Waals surface area contributed by atoms with Crippen LogP contribution in [-0.2, 0) is 17.8 Å². The summed E-state index contributed by atoms with van der Waals surface area (Å²) in [7, 11) is 0. The van der Waals surface area contributed by atoms with Gasteiger partial charge in [-0.3, -0.25) is 4.79 Å². The van der Waals surface area contributed by atoms with Crippen LogP contribution in [0.15, 0.2) is 36.4 Å². The molecule has 7 heteroatoms. The summed E-state index contributed by atoms with van der Waals surface area (Å²) in [5, 5.41) is 9.13. The second kappa shape index (κ2) is 10.4. The molecule has 1 aliphatic heterocycles. The number of halogens is 3. The molecular weight excluding hydrogens is 376 g/mol. The molecule has 0 aromatic heterocycles. The van der Waals surface area contributed by atoms with E-state index < -0.39 is 0 Å². The van der Waals surface area contributed by atoms with Crippen molar-refractivity contribution in [1.29, 1.82) is 0 Å². The molecule has 0 aliphatic carbocycles. The highest BCUT2D eigenvalue weighted by atomic mass is 35.5. The zero-order chi connectivity index (χ0) is 16.9. The van der Waals surface area contributed by atoms with Crippen LogP contribution >= 0.6 is 24.8 Å². The number of hydrogen-bond acceptors (Lipinski definition) is 3. The van der Waals surface area contributed by atoms with E-state index in [9.17, 15) is 9.18 Å². The highest BCUT2D eigenvalue weighted by Gasteiger charge is 2.17. The van der Waals surface area contributed by atoms with Gasteiger partial charge in [-0.15, -0.1) is 24.8 Å². The van der Waals surface area contributed by atoms with Crippen molar-refractivity contribution in [2.45, 2.75) is 26.3 Å². The Balaban J connectivity index is 0.00000169. The number of anilines is 2. The molecule has 0 bridgehead atoms. The van der Waals surface area contributed by atoms with Crippen LogP contribution < -0.4 is 16.0 Å². The van der Waals surface area contributed by atoms with Crippen LogP contribution in [0, 0.1) is 12.7 Å². The fourth-order valence-electron chi connectivity index (χ4n) is 2.92. The van der Waals surface area contributed by atoms with Crippen molar-refractivity contribution in [2.75, 3.05) is 23.7 Å². The standard InChI is InChI=1S/C19H22FN3O.2ClH/c1-13-4-2-3-5-16(13)22-11-9-18(24)23-17-7-6-14-12-21-10-8-15(14)19(17)20;;/h2-7,21-22H,8-12H2,1H3,(H,23,24);2*1H. The first kappa shape index (κ1) is 22.2. The molecule has 0 spiro atoms. The van der Waals surface area contributed by atoms with Crippen LogP contribution in [0.2, 0.25) is 0 Å². The summed E-state index contributed by atoms with van der Waals surface area (Å²) in [6.07, 6.45) is 0.937. The van der Waals surface area contributed by atoms with E-state index in [1.165, 1.54) is 0 Å². The third-order valence-electron chi connectivity index (χ3n) is 4.29. The summed E-state index contributed by atoms with van der Waals surface area (Å²) in [5.74, 6) is -0.488. The number of carbonyl (C=O) groups is 1. The van der Waals surface area contributed by atoms with Crippen molar-refractivity contribution in [3.8, 4) is 0 Å². The Hall–Kier alpha value is -1.82. The molecule has 0 saturated heterocycles. The van der Waals surface area contributed by atoms with Crippen LogP contribution in [0.5, 0.6) is 0 Å². The molecule has 1 heterocycles. The summed E-state index contributed by atoms with van der Waals surface area (Å²) in [6.45, 7) is 3.97. The first-order chi connectivity index (χ1) is 11.6. The lowest BCUT2D eigenvalue weighted by Crippen LogP contribution is -2.25. The molecule has 4 nitrogen and oxygen atoms in total. The molecule has 0 radical (unpaired) electrons. The van der Waals surface area contributed by atoms with Crippen molar-refractivity contribution >= 4 is 42.1 Å². The van der Waals surface area contributed by atoms with Gasteiger partial charge in [0.1, 0.15) is 5.82 Å². The van der Waals surface area contributed by atoms with Gasteiger partial charge in [0.25, 0.3) is 0 Å². The highest BCUT2D eigenvalue weighted by Crippen LogP contribution is 2.24. The Morgan fingerprint density at radius 1 is 1.15 bits per heavy atom. The zero-order valence-corrected chi connectivity index (χ0v) is 16.2. The van der Waals surface area contributed by atoms with Gasteiger partial charge in [-0.05, 0) is 48.7 Å². The Bertz CT molecular complexity index is 756. The van der Waals surface area contributed by atoms with Gasteiger partial charge in [0.2, 0.25) is 5.91 Å². The molecule has 1 amide bonds. The molecular formula is C19H24Cl2FN3O. The van der Waals surface area contributed by atoms with Crippen molar-refractivity contribution < 1.29 is 9.18 Å². The van der Waals surface area contributed by atoms with Gasteiger partial charge in [-0.1, -0.05) is 24.3 Å². The first-order valence-corrected chi connectivity index (χ1v) is 8.25. The lowest BCUT2D eigenvalue weighted by Gasteiger charge is -2.19. The quantitative estimate of drug-likeness (QED) is 0.710. The Morgan fingerprint density at radius 3 is 2.69 bits per heavy atom. The first-order valence-electron chi connectivity index (χ1n) is 8.25. The van der Waals surface area contributed by atoms with E-state index in [1.807, 2.05) is 37.3 Å². The predicted molar refractivity (Wildman–Crippen MR) is 109 cm³/mol. The minimum atomic E-state index is -0.297. The number of nitrogens with one attached hydrogen (secondary N) is 3. The second-order valence-electron chi connectivity index (χ2n) is 6.03. The smallest absolute Gasteiger partial charge is 0.226 e. The van der Waals surface area contributed by atoms with Gasteiger partial charge in [-0.25, -0.2) is 4.39 Å². The lowest BCUT2D eigenvalue weighted by molar-refractivity contribution is -0.116. The number of amides is 1. The van der Waals surface area contributed by atoms with Crippen molar-refractivity contribution in [3.63, 3.8) is 0 Å². The molecule has 1 aliphatic rings. The number of aryl methyl sites for hydroxylation is 1. The van der Waals surface area contributed by atoms with Crippen molar-refractivity contribution in [3.05, 3.63) is 58.9 Å². The summed E-state index contributed by atoms with van der Waals surface area (Å²) < 4.78 is 14.5. The maximum absolute atomic E-state index is 14.5. The van der Waals surface area contributed by atoms with Crippen LogP contribution in [0.25, 0.3) is 0 Å². The van der Waals surface area contributed by atoms with Crippen molar-refractivity contribution in [2.24, 2.45) is 0 Å². The SMILES string of the molecule is Cc1ccccc1NCCC(=O)Nc1ccc2c(c1F)CCNC2.Cl.Cl. The Morgan fingerprint density at radius 2 is 1.92 bits per heavy atom. The van der Waals surface area contributed by atoms with Gasteiger partial charge in [0.15, 0.2) is 0 Å². The average molecular weight is 400 g/mol. The predicted octanol–water partition coefficient (Wildman–Crippen LogP) is 4.06. The minimum Gasteiger partial charge on any atom is -0.384 e. The van der Waals surface area contributed by atoms with Crippen LogP contribution in [-0.4, -0.2) is 19.0 Å². The lowest BCUT2D eigenvalue weighted by atomic mass is 9.99. The van der Waals surface area contributed by atoms with Gasteiger partial charge in [0, 0.05) is 25.2 Å². The van der Waals surface area contributed by atoms with Gasteiger partial charge in [-0.2, -0.15) is 0 Å². The molecule has 2 aromatic carbocycles. The van der Waals surface area contributed by atoms with E-state index in [0.717, 1.165) is 23.4 Å². The Labute approximate surface area is 165 Å². The highest BCUT2D eigenvalue weighted by molar-refractivity contribution is 5.91. The summed E-state index contributed by atoms with van der Waals surface area (Å²) in [5.41, 5.74) is 4.10. The third-order valence-corrected chi connectivity index (χ3v) is 4.29. The summed E-state index contributed by atoms with van der Waals surface area (Å²) >= 11 is 0. The van der Waals surface area contributed by atoms with E-state index in [4.69, 9.17) is 0 Å². The molecule has 2 aromatic rings. The second-order valence-corrected chi connectivity index (χ2v) is 6.03. The molecule has 26 heavy (non-hydrogen) atoms. The van der Waals surface area contributed by atoms with Crippen molar-refractivity contribution in [1.82, 2.24) is 5.32 Å². The van der Waals surface area contributed by atoms with Crippen LogP contribution in [0.1, 0.15) is 23.1 Å². The number of fused-ring (bicyclic) bond motifs is 1. The number of rotatable bonds is 5. The van der Waals surface area contributed by atoms with Gasteiger partial charge in [0.05, 0.1) is 5.69 Å². The topological polar surface area (TPSA) is 53.2 Å². The average Bonchev–Trinajstić information content (AvgIpc) is 2.59. The van der Waals surface area contributed by atoms with E-state index in [-0.39, 0.29) is 48.6 Å². The monoisotopic (exact) mass is 399 g/mol. The largest absolute Gasteiger partial charge is 0.384 e. The fraction of sp³-hybridized carbons (Fsp3) is 0.316. The normalized spacial score (nSPS) is 12.2. The molecule has 3 rings (SSSR count).